The number of fused-ring (bicyclic) bond motifs is 1. The molecule has 4 rings (SSSR count). The summed E-state index contributed by atoms with van der Waals surface area (Å²) in [5, 5.41) is 8.70. The maximum atomic E-state index is 12.7. The molecule has 0 aromatic heterocycles. The Kier molecular flexibility index (Phi) is 4.87. The number of carbonyl (C=O) groups is 3. The highest BCUT2D eigenvalue weighted by Crippen LogP contribution is 2.31. The number of benzene rings is 1. The van der Waals surface area contributed by atoms with Gasteiger partial charge in [-0.15, -0.1) is 0 Å². The number of hydrogen-bond acceptors (Lipinski definition) is 4. The summed E-state index contributed by atoms with van der Waals surface area (Å²) in [7, 11) is 0. The highest BCUT2D eigenvalue weighted by Gasteiger charge is 2.43. The Bertz CT molecular complexity index is 790. The van der Waals surface area contributed by atoms with Crippen LogP contribution in [0.15, 0.2) is 24.3 Å². The van der Waals surface area contributed by atoms with Crippen LogP contribution in [0.1, 0.15) is 31.7 Å². The second-order valence-electron chi connectivity index (χ2n) is 8.07. The average Bonchev–Trinajstić information content (AvgIpc) is 2.97. The number of rotatable bonds is 2. The van der Waals surface area contributed by atoms with Crippen molar-refractivity contribution < 1.29 is 19.1 Å². The quantitative estimate of drug-likeness (QED) is 0.722. The van der Waals surface area contributed by atoms with Crippen LogP contribution in [0.2, 0.25) is 0 Å². The number of hydrogen-bond donors (Lipinski definition) is 3. The molecule has 3 aliphatic heterocycles. The maximum Gasteiger partial charge on any atom is 0.407 e. The zero-order chi connectivity index (χ0) is 19.7. The number of nitrogens with one attached hydrogen (secondary N) is 3. The molecular formula is C20H26N4O4. The van der Waals surface area contributed by atoms with Crippen molar-refractivity contribution in [2.45, 2.75) is 44.2 Å². The number of cyclic esters (lactones) is 1. The van der Waals surface area contributed by atoms with Crippen molar-refractivity contribution in [1.82, 2.24) is 15.5 Å². The van der Waals surface area contributed by atoms with Gasteiger partial charge in [-0.05, 0) is 50.2 Å². The first-order valence-corrected chi connectivity index (χ1v) is 9.84. The van der Waals surface area contributed by atoms with E-state index in [1.54, 1.807) is 4.90 Å². The zero-order valence-corrected chi connectivity index (χ0v) is 16.0. The minimum atomic E-state index is -0.544. The van der Waals surface area contributed by atoms with Crippen LogP contribution in [-0.2, 0) is 16.0 Å². The summed E-state index contributed by atoms with van der Waals surface area (Å²) in [5.41, 5.74) is 1.54. The lowest BCUT2D eigenvalue weighted by Crippen LogP contribution is -2.55. The smallest absolute Gasteiger partial charge is 0.407 e. The molecule has 28 heavy (non-hydrogen) atoms. The number of nitrogens with zero attached hydrogens (tertiary/aromatic N) is 1. The molecule has 8 heteroatoms. The molecule has 2 saturated heterocycles. The molecule has 2 fully saturated rings. The molecule has 3 heterocycles. The SMILES string of the molecule is CC1(C2CCN(C(=O)NC3CCc4ccccc4NC3=O)CC2)COC(=O)N1. The van der Waals surface area contributed by atoms with Gasteiger partial charge in [-0.25, -0.2) is 9.59 Å². The van der Waals surface area contributed by atoms with Gasteiger partial charge in [0.15, 0.2) is 0 Å². The van der Waals surface area contributed by atoms with E-state index in [-0.39, 0.29) is 29.5 Å². The van der Waals surface area contributed by atoms with Crippen LogP contribution in [0.5, 0.6) is 0 Å². The Morgan fingerprint density at radius 2 is 1.96 bits per heavy atom. The summed E-state index contributed by atoms with van der Waals surface area (Å²) in [4.78, 5) is 38.3. The van der Waals surface area contributed by atoms with E-state index in [0.29, 0.717) is 26.1 Å². The molecule has 0 bridgehead atoms. The fourth-order valence-electron chi connectivity index (χ4n) is 4.35. The average molecular weight is 386 g/mol. The number of aryl methyl sites for hydroxylation is 1. The number of carbonyl (C=O) groups excluding carboxylic acids is 3. The largest absolute Gasteiger partial charge is 0.447 e. The van der Waals surface area contributed by atoms with Gasteiger partial charge in [0.25, 0.3) is 0 Å². The van der Waals surface area contributed by atoms with E-state index >= 15 is 0 Å². The van der Waals surface area contributed by atoms with Crippen LogP contribution in [0, 0.1) is 5.92 Å². The predicted octanol–water partition coefficient (Wildman–Crippen LogP) is 1.86. The Labute approximate surface area is 164 Å². The molecule has 4 amide bonds. The summed E-state index contributed by atoms with van der Waals surface area (Å²) in [6, 6.07) is 6.97. The van der Waals surface area contributed by atoms with Gasteiger partial charge in [0.05, 0.1) is 5.54 Å². The minimum absolute atomic E-state index is 0.175. The number of likely N-dealkylation sites (tertiary alicyclic amines) is 1. The predicted molar refractivity (Wildman–Crippen MR) is 103 cm³/mol. The van der Waals surface area contributed by atoms with E-state index in [1.807, 2.05) is 31.2 Å². The van der Waals surface area contributed by atoms with Crippen molar-refractivity contribution in [3.8, 4) is 0 Å². The van der Waals surface area contributed by atoms with Crippen molar-refractivity contribution in [3.05, 3.63) is 29.8 Å². The third kappa shape index (κ3) is 3.63. The van der Waals surface area contributed by atoms with Gasteiger partial charge in [0.2, 0.25) is 5.91 Å². The number of urea groups is 1. The van der Waals surface area contributed by atoms with Crippen LogP contribution < -0.4 is 16.0 Å². The fraction of sp³-hybridized carbons (Fsp3) is 0.550. The van der Waals surface area contributed by atoms with Crippen molar-refractivity contribution >= 4 is 23.7 Å². The van der Waals surface area contributed by atoms with Gasteiger partial charge in [0.1, 0.15) is 12.6 Å². The molecule has 0 aliphatic carbocycles. The Morgan fingerprint density at radius 1 is 1.21 bits per heavy atom. The molecule has 0 saturated carbocycles. The van der Waals surface area contributed by atoms with Crippen LogP contribution in [0.4, 0.5) is 15.3 Å². The summed E-state index contributed by atoms with van der Waals surface area (Å²) < 4.78 is 5.06. The van der Waals surface area contributed by atoms with Gasteiger partial charge in [-0.3, -0.25) is 4.79 Å². The highest BCUT2D eigenvalue weighted by molar-refractivity contribution is 5.98. The molecule has 2 atom stereocenters. The topological polar surface area (TPSA) is 99.8 Å². The third-order valence-electron chi connectivity index (χ3n) is 6.17. The zero-order valence-electron chi connectivity index (χ0n) is 16.0. The summed E-state index contributed by atoms with van der Waals surface area (Å²) in [5.74, 6) is 0.0881. The number of anilines is 1. The molecule has 3 aliphatic rings. The normalized spacial score (nSPS) is 27.9. The van der Waals surface area contributed by atoms with Crippen LogP contribution in [0.25, 0.3) is 0 Å². The van der Waals surface area contributed by atoms with Gasteiger partial charge in [-0.1, -0.05) is 18.2 Å². The van der Waals surface area contributed by atoms with E-state index in [2.05, 4.69) is 16.0 Å². The van der Waals surface area contributed by atoms with E-state index in [4.69, 9.17) is 4.74 Å². The van der Waals surface area contributed by atoms with E-state index < -0.39 is 6.04 Å². The third-order valence-corrected chi connectivity index (χ3v) is 6.17. The second kappa shape index (κ2) is 7.33. The van der Waals surface area contributed by atoms with Gasteiger partial charge < -0.3 is 25.6 Å². The monoisotopic (exact) mass is 386 g/mol. The molecule has 3 N–H and O–H groups in total. The van der Waals surface area contributed by atoms with Gasteiger partial charge in [-0.2, -0.15) is 0 Å². The molecule has 0 radical (unpaired) electrons. The van der Waals surface area contributed by atoms with Gasteiger partial charge >= 0.3 is 12.1 Å². The van der Waals surface area contributed by atoms with Crippen molar-refractivity contribution in [3.63, 3.8) is 0 Å². The molecule has 0 spiro atoms. The van der Waals surface area contributed by atoms with E-state index in [0.717, 1.165) is 30.5 Å². The Hall–Kier alpha value is -2.77. The molecule has 150 valence electrons. The number of piperidine rings is 1. The summed E-state index contributed by atoms with van der Waals surface area (Å²) in [6.07, 6.45) is 2.51. The fourth-order valence-corrected chi connectivity index (χ4v) is 4.35. The summed E-state index contributed by atoms with van der Waals surface area (Å²) in [6.45, 7) is 3.55. The first-order chi connectivity index (χ1) is 13.4. The van der Waals surface area contributed by atoms with Gasteiger partial charge in [0, 0.05) is 18.8 Å². The summed E-state index contributed by atoms with van der Waals surface area (Å²) >= 11 is 0. The lowest BCUT2D eigenvalue weighted by atomic mass is 9.80. The standard InChI is InChI=1S/C20H26N4O4/c1-20(12-28-19(27)23-20)14-8-10-24(11-9-14)18(26)22-16-7-6-13-4-2-3-5-15(13)21-17(16)25/h2-5,14,16H,6-12H2,1H3,(H,21,25)(H,22,26)(H,23,27). The molecule has 8 nitrogen and oxygen atoms in total. The van der Waals surface area contributed by atoms with Crippen molar-refractivity contribution in [2.75, 3.05) is 25.0 Å². The lowest BCUT2D eigenvalue weighted by Gasteiger charge is -2.39. The second-order valence-corrected chi connectivity index (χ2v) is 8.07. The Morgan fingerprint density at radius 3 is 2.68 bits per heavy atom. The number of alkyl carbamates (subject to hydrolysis) is 1. The number of amides is 4. The lowest BCUT2D eigenvalue weighted by molar-refractivity contribution is -0.118. The number of ether oxygens (including phenoxy) is 1. The molecule has 1 aromatic carbocycles. The van der Waals surface area contributed by atoms with Crippen LogP contribution >= 0.6 is 0 Å². The Balaban J connectivity index is 1.31. The molecular weight excluding hydrogens is 360 g/mol. The van der Waals surface area contributed by atoms with Crippen molar-refractivity contribution in [1.29, 1.82) is 0 Å². The number of para-hydroxylation sites is 1. The van der Waals surface area contributed by atoms with Crippen LogP contribution in [-0.4, -0.2) is 54.2 Å². The maximum absolute atomic E-state index is 12.7. The van der Waals surface area contributed by atoms with Crippen molar-refractivity contribution in [2.24, 2.45) is 5.92 Å². The van der Waals surface area contributed by atoms with E-state index in [1.165, 1.54) is 0 Å². The van der Waals surface area contributed by atoms with Crippen LogP contribution in [0.3, 0.4) is 0 Å². The highest BCUT2D eigenvalue weighted by atomic mass is 16.6. The first-order valence-electron chi connectivity index (χ1n) is 9.84. The molecule has 2 unspecified atom stereocenters. The minimum Gasteiger partial charge on any atom is -0.447 e. The van der Waals surface area contributed by atoms with E-state index in [9.17, 15) is 14.4 Å². The first kappa shape index (κ1) is 18.6. The molecule has 1 aromatic rings.